The van der Waals surface area contributed by atoms with E-state index in [-0.39, 0.29) is 18.1 Å². The summed E-state index contributed by atoms with van der Waals surface area (Å²) in [7, 11) is 0. The van der Waals surface area contributed by atoms with E-state index in [4.69, 9.17) is 5.73 Å². The molecule has 94 valence electrons. The first-order valence-corrected chi connectivity index (χ1v) is 5.39. The first-order chi connectivity index (χ1) is 8.56. The summed E-state index contributed by atoms with van der Waals surface area (Å²) in [5.41, 5.74) is 6.24. The van der Waals surface area contributed by atoms with Crippen LogP contribution in [0.3, 0.4) is 0 Å². The standard InChI is InChI=1S/C12H13FN4O/c1-8-15-4-5-17(8)7-12(18)16-11-6-9(13)2-3-10(11)14/h2-6H,7,14H2,1H3,(H,16,18). The molecule has 1 amide bonds. The molecule has 0 saturated carbocycles. The molecule has 2 rings (SSSR count). The van der Waals surface area contributed by atoms with Crippen LogP contribution in [0.5, 0.6) is 0 Å². The Morgan fingerprint density at radius 3 is 3.00 bits per heavy atom. The van der Waals surface area contributed by atoms with Gasteiger partial charge in [-0.3, -0.25) is 4.79 Å². The smallest absolute Gasteiger partial charge is 0.244 e. The number of anilines is 2. The molecule has 18 heavy (non-hydrogen) atoms. The molecule has 1 aromatic heterocycles. The van der Waals surface area contributed by atoms with Crippen LogP contribution >= 0.6 is 0 Å². The van der Waals surface area contributed by atoms with E-state index in [2.05, 4.69) is 10.3 Å². The lowest BCUT2D eigenvalue weighted by Gasteiger charge is -2.09. The highest BCUT2D eigenvalue weighted by Gasteiger charge is 2.08. The minimum Gasteiger partial charge on any atom is -0.397 e. The predicted molar refractivity (Wildman–Crippen MR) is 66.4 cm³/mol. The molecular formula is C12H13FN4O. The number of carbonyl (C=O) groups is 1. The zero-order valence-corrected chi connectivity index (χ0v) is 9.85. The van der Waals surface area contributed by atoms with Crippen molar-refractivity contribution in [2.45, 2.75) is 13.5 Å². The van der Waals surface area contributed by atoms with Gasteiger partial charge in [0.2, 0.25) is 5.91 Å². The van der Waals surface area contributed by atoms with E-state index in [9.17, 15) is 9.18 Å². The number of halogens is 1. The number of rotatable bonds is 3. The molecule has 0 bridgehead atoms. The van der Waals surface area contributed by atoms with E-state index in [1.54, 1.807) is 23.9 Å². The Morgan fingerprint density at radius 1 is 1.56 bits per heavy atom. The topological polar surface area (TPSA) is 72.9 Å². The highest BCUT2D eigenvalue weighted by atomic mass is 19.1. The number of hydrogen-bond acceptors (Lipinski definition) is 3. The van der Waals surface area contributed by atoms with Gasteiger partial charge >= 0.3 is 0 Å². The third-order valence-electron chi connectivity index (χ3n) is 2.53. The van der Waals surface area contributed by atoms with Crippen LogP contribution in [0.1, 0.15) is 5.82 Å². The number of carbonyl (C=O) groups excluding carboxylic acids is 1. The molecule has 0 aliphatic heterocycles. The fourth-order valence-electron chi connectivity index (χ4n) is 1.55. The molecule has 2 aromatic rings. The molecule has 6 heteroatoms. The van der Waals surface area contributed by atoms with Gasteiger partial charge in [0.25, 0.3) is 0 Å². The number of hydrogen-bond donors (Lipinski definition) is 2. The van der Waals surface area contributed by atoms with E-state index >= 15 is 0 Å². The van der Waals surface area contributed by atoms with Gasteiger partial charge in [-0.15, -0.1) is 0 Å². The summed E-state index contributed by atoms with van der Waals surface area (Å²) >= 11 is 0. The fourth-order valence-corrected chi connectivity index (χ4v) is 1.55. The quantitative estimate of drug-likeness (QED) is 0.809. The highest BCUT2D eigenvalue weighted by molar-refractivity contribution is 5.93. The van der Waals surface area contributed by atoms with Crippen molar-refractivity contribution in [3.8, 4) is 0 Å². The first kappa shape index (κ1) is 12.1. The molecule has 0 unspecified atom stereocenters. The maximum Gasteiger partial charge on any atom is 0.244 e. The van der Waals surface area contributed by atoms with Crippen molar-refractivity contribution in [2.75, 3.05) is 11.1 Å². The van der Waals surface area contributed by atoms with E-state index in [0.717, 1.165) is 5.82 Å². The number of nitrogens with two attached hydrogens (primary N) is 1. The van der Waals surface area contributed by atoms with Gasteiger partial charge < -0.3 is 15.6 Å². The van der Waals surface area contributed by atoms with Crippen LogP contribution in [0.25, 0.3) is 0 Å². The summed E-state index contributed by atoms with van der Waals surface area (Å²) in [5, 5.41) is 2.56. The maximum atomic E-state index is 13.0. The van der Waals surface area contributed by atoms with E-state index in [0.29, 0.717) is 5.69 Å². The van der Waals surface area contributed by atoms with Crippen molar-refractivity contribution in [3.63, 3.8) is 0 Å². The van der Waals surface area contributed by atoms with Gasteiger partial charge in [0.1, 0.15) is 18.2 Å². The van der Waals surface area contributed by atoms with Gasteiger partial charge in [-0.1, -0.05) is 0 Å². The summed E-state index contributed by atoms with van der Waals surface area (Å²) in [6.45, 7) is 1.91. The van der Waals surface area contributed by atoms with E-state index in [1.807, 2.05) is 0 Å². The number of imidazole rings is 1. The van der Waals surface area contributed by atoms with Crippen LogP contribution in [-0.2, 0) is 11.3 Å². The molecule has 0 fully saturated rings. The Hall–Kier alpha value is -2.37. The lowest BCUT2D eigenvalue weighted by Crippen LogP contribution is -2.19. The normalized spacial score (nSPS) is 10.3. The molecule has 0 radical (unpaired) electrons. The molecule has 1 heterocycles. The van der Waals surface area contributed by atoms with Crippen LogP contribution in [0.4, 0.5) is 15.8 Å². The molecule has 0 aliphatic rings. The van der Waals surface area contributed by atoms with Crippen LogP contribution in [0.2, 0.25) is 0 Å². The number of nitrogen functional groups attached to an aromatic ring is 1. The van der Waals surface area contributed by atoms with Crippen molar-refractivity contribution in [2.24, 2.45) is 0 Å². The van der Waals surface area contributed by atoms with Crippen LogP contribution < -0.4 is 11.1 Å². The third-order valence-corrected chi connectivity index (χ3v) is 2.53. The average molecular weight is 248 g/mol. The molecule has 0 saturated heterocycles. The van der Waals surface area contributed by atoms with Crippen molar-refractivity contribution in [1.29, 1.82) is 0 Å². The molecule has 0 spiro atoms. The monoisotopic (exact) mass is 248 g/mol. The Kier molecular flexibility index (Phi) is 3.27. The Morgan fingerprint density at radius 2 is 2.33 bits per heavy atom. The van der Waals surface area contributed by atoms with Gasteiger partial charge in [0.15, 0.2) is 0 Å². The van der Waals surface area contributed by atoms with Crippen LogP contribution in [-0.4, -0.2) is 15.5 Å². The van der Waals surface area contributed by atoms with Crippen molar-refractivity contribution >= 4 is 17.3 Å². The SMILES string of the molecule is Cc1nccn1CC(=O)Nc1cc(F)ccc1N. The largest absolute Gasteiger partial charge is 0.397 e. The van der Waals surface area contributed by atoms with Gasteiger partial charge in [0, 0.05) is 12.4 Å². The minimum absolute atomic E-state index is 0.113. The minimum atomic E-state index is -0.446. The second-order valence-corrected chi connectivity index (χ2v) is 3.88. The lowest BCUT2D eigenvalue weighted by atomic mass is 10.2. The highest BCUT2D eigenvalue weighted by Crippen LogP contribution is 2.19. The number of aryl methyl sites for hydroxylation is 1. The second-order valence-electron chi connectivity index (χ2n) is 3.88. The van der Waals surface area contributed by atoms with Gasteiger partial charge in [-0.25, -0.2) is 9.37 Å². The molecule has 3 N–H and O–H groups in total. The summed E-state index contributed by atoms with van der Waals surface area (Å²) < 4.78 is 14.7. The Balaban J connectivity index is 2.08. The number of benzene rings is 1. The Labute approximate surface area is 103 Å². The van der Waals surface area contributed by atoms with Crippen molar-refractivity contribution in [3.05, 3.63) is 42.2 Å². The molecule has 0 atom stereocenters. The Bertz CT molecular complexity index is 579. The van der Waals surface area contributed by atoms with Crippen LogP contribution in [0, 0.1) is 12.7 Å². The summed E-state index contributed by atoms with van der Waals surface area (Å²) in [5.74, 6) is 0.00377. The van der Waals surface area contributed by atoms with Crippen molar-refractivity contribution < 1.29 is 9.18 Å². The molecule has 5 nitrogen and oxygen atoms in total. The number of aromatic nitrogens is 2. The summed E-state index contributed by atoms with van der Waals surface area (Å²) in [6.07, 6.45) is 3.31. The molecule has 0 aliphatic carbocycles. The lowest BCUT2D eigenvalue weighted by molar-refractivity contribution is -0.116. The summed E-state index contributed by atoms with van der Waals surface area (Å²) in [4.78, 5) is 15.8. The zero-order valence-electron chi connectivity index (χ0n) is 9.85. The fraction of sp³-hybridized carbons (Fsp3) is 0.167. The first-order valence-electron chi connectivity index (χ1n) is 5.39. The van der Waals surface area contributed by atoms with E-state index < -0.39 is 5.82 Å². The third kappa shape index (κ3) is 2.65. The average Bonchev–Trinajstić information content (AvgIpc) is 2.70. The van der Waals surface area contributed by atoms with Gasteiger partial charge in [-0.2, -0.15) is 0 Å². The van der Waals surface area contributed by atoms with E-state index in [1.165, 1.54) is 18.2 Å². The van der Waals surface area contributed by atoms with Gasteiger partial charge in [-0.05, 0) is 25.1 Å². The van der Waals surface area contributed by atoms with Crippen LogP contribution in [0.15, 0.2) is 30.6 Å². The number of nitrogens with one attached hydrogen (secondary N) is 1. The van der Waals surface area contributed by atoms with Gasteiger partial charge in [0.05, 0.1) is 11.4 Å². The van der Waals surface area contributed by atoms with Crippen molar-refractivity contribution in [1.82, 2.24) is 9.55 Å². The second kappa shape index (κ2) is 4.87. The summed E-state index contributed by atoms with van der Waals surface area (Å²) in [6, 6.07) is 3.84. The number of nitrogens with zero attached hydrogens (tertiary/aromatic N) is 2. The maximum absolute atomic E-state index is 13.0. The molecule has 1 aromatic carbocycles. The molecular weight excluding hydrogens is 235 g/mol. The zero-order chi connectivity index (χ0) is 13.1. The predicted octanol–water partition coefficient (Wildman–Crippen LogP) is 1.55. The number of amides is 1.